The van der Waals surface area contributed by atoms with Gasteiger partial charge in [0.1, 0.15) is 29.6 Å². The summed E-state index contributed by atoms with van der Waals surface area (Å²) in [4.78, 5) is 52.9. The molecule has 200 valence electrons. The van der Waals surface area contributed by atoms with E-state index in [4.69, 9.17) is 4.74 Å². The molecule has 1 unspecified atom stereocenters. The van der Waals surface area contributed by atoms with E-state index in [0.717, 1.165) is 0 Å². The van der Waals surface area contributed by atoms with E-state index in [1.54, 1.807) is 60.6 Å². The Morgan fingerprint density at radius 2 is 1.90 bits per heavy atom. The lowest BCUT2D eigenvalue weighted by Gasteiger charge is -2.18. The Bertz CT molecular complexity index is 1410. The minimum Gasteiger partial charge on any atom is -0.491 e. The number of carbonyl (C=O) groups is 3. The highest BCUT2D eigenvalue weighted by Crippen LogP contribution is 2.36. The first-order valence-electron chi connectivity index (χ1n) is 12.8. The molecule has 0 fully saturated rings. The van der Waals surface area contributed by atoms with E-state index in [2.05, 4.69) is 30.9 Å². The van der Waals surface area contributed by atoms with Gasteiger partial charge in [0.25, 0.3) is 5.91 Å². The van der Waals surface area contributed by atoms with Gasteiger partial charge in [0.15, 0.2) is 0 Å². The van der Waals surface area contributed by atoms with Gasteiger partial charge in [0, 0.05) is 44.4 Å². The zero-order valence-electron chi connectivity index (χ0n) is 21.5. The van der Waals surface area contributed by atoms with Crippen molar-refractivity contribution < 1.29 is 19.1 Å². The molecule has 5 rings (SSSR count). The molecule has 3 N–H and O–H groups in total. The number of nitrogens with zero attached hydrogens (tertiary/aromatic N) is 4. The number of hydrogen-bond donors (Lipinski definition) is 3. The maximum Gasteiger partial charge on any atom is 0.255 e. The Balaban J connectivity index is 1.45. The highest BCUT2D eigenvalue weighted by molar-refractivity contribution is 6.13. The average molecular weight is 528 g/mol. The first-order valence-corrected chi connectivity index (χ1v) is 12.8. The summed E-state index contributed by atoms with van der Waals surface area (Å²) < 4.78 is 6.02. The molecule has 1 aromatic heterocycles. The van der Waals surface area contributed by atoms with E-state index >= 15 is 0 Å². The summed E-state index contributed by atoms with van der Waals surface area (Å²) in [5, 5.41) is 8.95. The largest absolute Gasteiger partial charge is 0.491 e. The number of benzene rings is 2. The van der Waals surface area contributed by atoms with Crippen LogP contribution in [-0.4, -0.2) is 65.5 Å². The third-order valence-electron chi connectivity index (χ3n) is 6.52. The van der Waals surface area contributed by atoms with Crippen molar-refractivity contribution in [2.24, 2.45) is 4.99 Å². The van der Waals surface area contributed by atoms with Gasteiger partial charge in [0.05, 0.1) is 23.5 Å². The van der Waals surface area contributed by atoms with Gasteiger partial charge < -0.3 is 25.6 Å². The van der Waals surface area contributed by atoms with Gasteiger partial charge >= 0.3 is 0 Å². The summed E-state index contributed by atoms with van der Waals surface area (Å²) in [6.45, 7) is 1.42. The lowest BCUT2D eigenvalue weighted by molar-refractivity contribution is -0.130. The van der Waals surface area contributed by atoms with Crippen molar-refractivity contribution in [2.45, 2.75) is 25.2 Å². The van der Waals surface area contributed by atoms with E-state index in [9.17, 15) is 14.4 Å². The van der Waals surface area contributed by atoms with Crippen LogP contribution in [0, 0.1) is 0 Å². The molecule has 0 spiro atoms. The normalized spacial score (nSPS) is 17.7. The van der Waals surface area contributed by atoms with Crippen molar-refractivity contribution in [1.82, 2.24) is 14.9 Å². The number of ether oxygens (including phenoxy) is 1. The molecule has 0 saturated carbocycles. The fraction of sp³-hybridized carbons (Fsp3) is 0.286. The molecule has 11 heteroatoms. The van der Waals surface area contributed by atoms with Crippen LogP contribution in [-0.2, 0) is 9.59 Å². The summed E-state index contributed by atoms with van der Waals surface area (Å²) in [5.41, 5.74) is 2.15. The third kappa shape index (κ3) is 6.03. The molecule has 2 bridgehead atoms. The molecule has 0 aliphatic carbocycles. The van der Waals surface area contributed by atoms with E-state index in [0.29, 0.717) is 72.2 Å². The molecule has 2 aromatic carbocycles. The van der Waals surface area contributed by atoms with Crippen molar-refractivity contribution >= 4 is 46.9 Å². The van der Waals surface area contributed by atoms with Crippen LogP contribution in [0.2, 0.25) is 0 Å². The van der Waals surface area contributed by atoms with E-state index < -0.39 is 5.92 Å². The molecular formula is C28H29N7O4. The zero-order valence-corrected chi connectivity index (χ0v) is 21.5. The van der Waals surface area contributed by atoms with Crippen LogP contribution >= 0.6 is 0 Å². The highest BCUT2D eigenvalue weighted by atomic mass is 16.5. The zero-order chi connectivity index (χ0) is 27.2. The second kappa shape index (κ2) is 11.7. The third-order valence-corrected chi connectivity index (χ3v) is 6.52. The minimum absolute atomic E-state index is 0.0217. The highest BCUT2D eigenvalue weighted by Gasteiger charge is 2.33. The maximum absolute atomic E-state index is 12.8. The number of amides is 3. The van der Waals surface area contributed by atoms with Crippen LogP contribution in [0.1, 0.15) is 41.1 Å². The predicted octanol–water partition coefficient (Wildman–Crippen LogP) is 3.60. The van der Waals surface area contributed by atoms with Gasteiger partial charge in [-0.25, -0.2) is 9.97 Å². The first kappa shape index (κ1) is 25.8. The fourth-order valence-electron chi connectivity index (χ4n) is 4.40. The summed E-state index contributed by atoms with van der Waals surface area (Å²) in [5.74, 6) is 0.217. The van der Waals surface area contributed by atoms with Gasteiger partial charge in [-0.15, -0.1) is 0 Å². The van der Waals surface area contributed by atoms with Crippen molar-refractivity contribution in [3.8, 4) is 5.75 Å². The van der Waals surface area contributed by atoms with Crippen molar-refractivity contribution in [3.05, 3.63) is 66.0 Å². The molecule has 1 atom stereocenters. The monoisotopic (exact) mass is 527 g/mol. The minimum atomic E-state index is -0.686. The van der Waals surface area contributed by atoms with Gasteiger partial charge in [-0.2, -0.15) is 0 Å². The summed E-state index contributed by atoms with van der Waals surface area (Å²) >= 11 is 0. The van der Waals surface area contributed by atoms with Crippen LogP contribution in [0.4, 0.5) is 23.0 Å². The predicted molar refractivity (Wildman–Crippen MR) is 148 cm³/mol. The molecule has 2 aliphatic rings. The van der Waals surface area contributed by atoms with Crippen LogP contribution in [0.15, 0.2) is 59.9 Å². The average Bonchev–Trinajstić information content (AvgIpc) is 3.28. The molecule has 3 aromatic rings. The van der Waals surface area contributed by atoms with Gasteiger partial charge in [-0.05, 0) is 37.1 Å². The standard InChI is InChI=1S/C28H29N7O4/c1-35-13-6-12-29-25-24-20(28(38)34-26(24)32-17-31-25)16-30-19-10-11-21(22(15-19)39-14-5-9-23(35)36)33-27(37)18-7-3-2-4-8-18/h2-4,7-8,10-11,15-17,20H,5-6,9,12-14H2,1H3,(H,33,37)(H2,29,31,32,34,38). The Hall–Kier alpha value is -4.80. The first-order chi connectivity index (χ1) is 19.0. The van der Waals surface area contributed by atoms with Crippen molar-refractivity contribution in [3.63, 3.8) is 0 Å². The maximum atomic E-state index is 12.8. The molecule has 0 radical (unpaired) electrons. The molecular weight excluding hydrogens is 498 g/mol. The number of carbonyl (C=O) groups excluding carboxylic acids is 3. The van der Waals surface area contributed by atoms with Gasteiger partial charge in [-0.1, -0.05) is 18.2 Å². The van der Waals surface area contributed by atoms with Crippen LogP contribution in [0.25, 0.3) is 0 Å². The number of fused-ring (bicyclic) bond motifs is 2. The number of aliphatic imine (C=N–C) groups is 1. The van der Waals surface area contributed by atoms with Crippen molar-refractivity contribution in [1.29, 1.82) is 0 Å². The quantitative estimate of drug-likeness (QED) is 0.463. The summed E-state index contributed by atoms with van der Waals surface area (Å²) in [6.07, 6.45) is 4.51. The second-order valence-corrected chi connectivity index (χ2v) is 9.28. The van der Waals surface area contributed by atoms with Gasteiger partial charge in [-0.3, -0.25) is 19.4 Å². The Morgan fingerprint density at radius 3 is 2.74 bits per heavy atom. The van der Waals surface area contributed by atoms with Crippen molar-refractivity contribution in [2.75, 3.05) is 42.7 Å². The van der Waals surface area contributed by atoms with Crippen LogP contribution in [0.5, 0.6) is 5.75 Å². The number of anilines is 3. The number of nitrogens with one attached hydrogen (secondary N) is 3. The molecule has 11 nitrogen and oxygen atoms in total. The lowest BCUT2D eigenvalue weighted by atomic mass is 10.0. The fourth-order valence-corrected chi connectivity index (χ4v) is 4.40. The summed E-state index contributed by atoms with van der Waals surface area (Å²) in [7, 11) is 1.78. The molecule has 0 saturated heterocycles. The topological polar surface area (TPSA) is 138 Å². The van der Waals surface area contributed by atoms with E-state index in [-0.39, 0.29) is 24.3 Å². The number of aromatic nitrogens is 2. The van der Waals surface area contributed by atoms with Gasteiger partial charge in [0.2, 0.25) is 11.8 Å². The molecule has 3 amide bonds. The second-order valence-electron chi connectivity index (χ2n) is 9.28. The Morgan fingerprint density at radius 1 is 1.08 bits per heavy atom. The lowest BCUT2D eigenvalue weighted by Crippen LogP contribution is -2.29. The summed E-state index contributed by atoms with van der Waals surface area (Å²) in [6, 6.07) is 14.0. The number of hydrogen-bond acceptors (Lipinski definition) is 8. The smallest absolute Gasteiger partial charge is 0.255 e. The molecule has 3 heterocycles. The van der Waals surface area contributed by atoms with Crippen LogP contribution < -0.4 is 20.7 Å². The van der Waals surface area contributed by atoms with E-state index in [1.807, 2.05) is 6.07 Å². The number of rotatable bonds is 2. The molecule has 2 aliphatic heterocycles. The Labute approximate surface area is 225 Å². The Kier molecular flexibility index (Phi) is 7.76. The molecule has 39 heavy (non-hydrogen) atoms. The SMILES string of the molecule is CN1CCCNc2ncnc3c2C(C=Nc2ccc(NC(=O)c4ccccc4)c(c2)OCCCC1=O)C(=O)N3. The van der Waals surface area contributed by atoms with E-state index in [1.165, 1.54) is 6.33 Å². The van der Waals surface area contributed by atoms with Crippen LogP contribution in [0.3, 0.4) is 0 Å².